The molecule has 0 heterocycles. The molecule has 2 nitrogen and oxygen atoms in total. The summed E-state index contributed by atoms with van der Waals surface area (Å²) in [4.78, 5) is 0. The summed E-state index contributed by atoms with van der Waals surface area (Å²) in [6.07, 6.45) is 2.79. The Hall–Kier alpha value is -2.06. The van der Waals surface area contributed by atoms with Gasteiger partial charge in [0.25, 0.3) is 0 Å². The Labute approximate surface area is 133 Å². The lowest BCUT2D eigenvalue weighted by Crippen LogP contribution is -2.10. The van der Waals surface area contributed by atoms with Gasteiger partial charge < -0.3 is 9.84 Å². The van der Waals surface area contributed by atoms with Crippen LogP contribution in [0.15, 0.2) is 66.7 Å². The number of rotatable bonds is 8. The summed E-state index contributed by atoms with van der Waals surface area (Å²) in [5.74, 6) is 0.859. The fraction of sp³-hybridized carbons (Fsp3) is 0.300. The van der Waals surface area contributed by atoms with E-state index in [0.717, 1.165) is 30.6 Å². The van der Waals surface area contributed by atoms with E-state index in [9.17, 15) is 5.11 Å². The second-order valence-electron chi connectivity index (χ2n) is 5.66. The fourth-order valence-electron chi connectivity index (χ4n) is 2.52. The second-order valence-corrected chi connectivity index (χ2v) is 5.66. The Bertz CT molecular complexity index is 572. The van der Waals surface area contributed by atoms with Crippen molar-refractivity contribution in [2.24, 2.45) is 0 Å². The molecule has 2 rings (SSSR count). The second kappa shape index (κ2) is 8.40. The maximum atomic E-state index is 10.2. The molecule has 116 valence electrons. The SMILES string of the molecule is C=C(Cc1ccc(OC)cc1)CC(O)CCc1ccccc1. The molecule has 1 unspecified atom stereocenters. The minimum absolute atomic E-state index is 0.328. The molecule has 0 radical (unpaired) electrons. The van der Waals surface area contributed by atoms with E-state index in [4.69, 9.17) is 4.74 Å². The molecule has 0 aliphatic carbocycles. The highest BCUT2D eigenvalue weighted by atomic mass is 16.5. The third-order valence-electron chi connectivity index (χ3n) is 3.75. The lowest BCUT2D eigenvalue weighted by Gasteiger charge is -2.13. The van der Waals surface area contributed by atoms with Crippen molar-refractivity contribution in [3.05, 3.63) is 77.9 Å². The van der Waals surface area contributed by atoms with Gasteiger partial charge in [-0.3, -0.25) is 0 Å². The number of benzene rings is 2. The van der Waals surface area contributed by atoms with E-state index in [1.165, 1.54) is 11.1 Å². The summed E-state index contributed by atoms with van der Waals surface area (Å²) < 4.78 is 5.15. The van der Waals surface area contributed by atoms with Crippen LogP contribution in [-0.4, -0.2) is 18.3 Å². The van der Waals surface area contributed by atoms with Crippen LogP contribution in [0.5, 0.6) is 5.75 Å². The molecule has 0 aromatic heterocycles. The molecule has 0 bridgehead atoms. The summed E-state index contributed by atoms with van der Waals surface area (Å²) in [6.45, 7) is 4.10. The molecular formula is C20H24O2. The zero-order valence-electron chi connectivity index (χ0n) is 13.2. The van der Waals surface area contributed by atoms with Gasteiger partial charge in [-0.2, -0.15) is 0 Å². The third kappa shape index (κ3) is 5.38. The molecule has 2 aromatic rings. The zero-order chi connectivity index (χ0) is 15.8. The monoisotopic (exact) mass is 296 g/mol. The molecule has 0 saturated heterocycles. The largest absolute Gasteiger partial charge is 0.497 e. The van der Waals surface area contributed by atoms with Crippen molar-refractivity contribution in [3.8, 4) is 5.75 Å². The van der Waals surface area contributed by atoms with Gasteiger partial charge in [0, 0.05) is 0 Å². The molecule has 2 aromatic carbocycles. The van der Waals surface area contributed by atoms with E-state index in [0.29, 0.717) is 6.42 Å². The van der Waals surface area contributed by atoms with Gasteiger partial charge in [0.05, 0.1) is 13.2 Å². The maximum Gasteiger partial charge on any atom is 0.118 e. The first-order valence-corrected chi connectivity index (χ1v) is 7.69. The van der Waals surface area contributed by atoms with E-state index in [1.54, 1.807) is 7.11 Å². The first-order valence-electron chi connectivity index (χ1n) is 7.69. The average Bonchev–Trinajstić information content (AvgIpc) is 2.54. The number of methoxy groups -OCH3 is 1. The molecule has 1 N–H and O–H groups in total. The number of hydrogen-bond acceptors (Lipinski definition) is 2. The summed E-state index contributed by atoms with van der Waals surface area (Å²) in [5.41, 5.74) is 3.52. The molecule has 2 heteroatoms. The normalized spacial score (nSPS) is 11.9. The first kappa shape index (κ1) is 16.3. The minimum Gasteiger partial charge on any atom is -0.497 e. The summed E-state index contributed by atoms with van der Waals surface area (Å²) in [6, 6.07) is 18.3. The lowest BCUT2D eigenvalue weighted by molar-refractivity contribution is 0.164. The van der Waals surface area contributed by atoms with Gasteiger partial charge in [-0.1, -0.05) is 54.6 Å². The van der Waals surface area contributed by atoms with Crippen LogP contribution in [0.25, 0.3) is 0 Å². The van der Waals surface area contributed by atoms with E-state index in [2.05, 4.69) is 18.7 Å². The van der Waals surface area contributed by atoms with Crippen molar-refractivity contribution in [2.75, 3.05) is 7.11 Å². The Balaban J connectivity index is 1.75. The third-order valence-corrected chi connectivity index (χ3v) is 3.75. The van der Waals surface area contributed by atoms with Crippen LogP contribution in [0, 0.1) is 0 Å². The van der Waals surface area contributed by atoms with Crippen molar-refractivity contribution in [2.45, 2.75) is 31.8 Å². The van der Waals surface area contributed by atoms with Gasteiger partial charge in [0.2, 0.25) is 0 Å². The Kier molecular flexibility index (Phi) is 6.23. The molecule has 0 aliphatic heterocycles. The van der Waals surface area contributed by atoms with E-state index < -0.39 is 0 Å². The van der Waals surface area contributed by atoms with Crippen LogP contribution < -0.4 is 4.74 Å². The molecule has 0 saturated carbocycles. The van der Waals surface area contributed by atoms with Crippen molar-refractivity contribution in [1.82, 2.24) is 0 Å². The number of aryl methyl sites for hydroxylation is 1. The molecule has 0 aliphatic rings. The van der Waals surface area contributed by atoms with Crippen LogP contribution in [-0.2, 0) is 12.8 Å². The summed E-state index contributed by atoms with van der Waals surface area (Å²) >= 11 is 0. The standard InChI is InChI=1S/C20H24O2/c1-16(14-18-9-12-20(22-2)13-10-18)15-19(21)11-8-17-6-4-3-5-7-17/h3-7,9-10,12-13,19,21H,1,8,11,14-15H2,2H3. The Morgan fingerprint density at radius 3 is 2.36 bits per heavy atom. The van der Waals surface area contributed by atoms with E-state index in [-0.39, 0.29) is 6.10 Å². The molecule has 22 heavy (non-hydrogen) atoms. The highest BCUT2D eigenvalue weighted by molar-refractivity contribution is 5.29. The number of aliphatic hydroxyl groups excluding tert-OH is 1. The van der Waals surface area contributed by atoms with E-state index in [1.807, 2.05) is 42.5 Å². The first-order chi connectivity index (χ1) is 10.7. The maximum absolute atomic E-state index is 10.2. The molecule has 0 amide bonds. The van der Waals surface area contributed by atoms with Gasteiger partial charge in [0.1, 0.15) is 5.75 Å². The van der Waals surface area contributed by atoms with Gasteiger partial charge in [-0.15, -0.1) is 0 Å². The molecular weight excluding hydrogens is 272 g/mol. The minimum atomic E-state index is -0.328. The smallest absolute Gasteiger partial charge is 0.118 e. The predicted octanol–water partition coefficient (Wildman–Crippen LogP) is 4.18. The zero-order valence-corrected chi connectivity index (χ0v) is 13.2. The quantitative estimate of drug-likeness (QED) is 0.741. The number of ether oxygens (including phenoxy) is 1. The Morgan fingerprint density at radius 1 is 1.05 bits per heavy atom. The van der Waals surface area contributed by atoms with Crippen LogP contribution in [0.2, 0.25) is 0 Å². The van der Waals surface area contributed by atoms with Gasteiger partial charge in [0.15, 0.2) is 0 Å². The molecule has 1 atom stereocenters. The summed E-state index contributed by atoms with van der Waals surface area (Å²) in [7, 11) is 1.66. The lowest BCUT2D eigenvalue weighted by atomic mass is 9.98. The summed E-state index contributed by atoms with van der Waals surface area (Å²) in [5, 5.41) is 10.2. The van der Waals surface area contributed by atoms with Gasteiger partial charge in [-0.25, -0.2) is 0 Å². The Morgan fingerprint density at radius 2 is 1.73 bits per heavy atom. The molecule has 0 spiro atoms. The van der Waals surface area contributed by atoms with E-state index >= 15 is 0 Å². The van der Waals surface area contributed by atoms with Crippen molar-refractivity contribution < 1.29 is 9.84 Å². The average molecular weight is 296 g/mol. The van der Waals surface area contributed by atoms with Crippen molar-refractivity contribution in [1.29, 1.82) is 0 Å². The topological polar surface area (TPSA) is 29.5 Å². The molecule has 0 fully saturated rings. The number of hydrogen-bond donors (Lipinski definition) is 1. The van der Waals surface area contributed by atoms with Gasteiger partial charge in [-0.05, 0) is 48.9 Å². The van der Waals surface area contributed by atoms with Crippen LogP contribution in [0.4, 0.5) is 0 Å². The van der Waals surface area contributed by atoms with Crippen LogP contribution in [0.3, 0.4) is 0 Å². The van der Waals surface area contributed by atoms with Gasteiger partial charge >= 0.3 is 0 Å². The van der Waals surface area contributed by atoms with Crippen LogP contribution in [0.1, 0.15) is 24.0 Å². The highest BCUT2D eigenvalue weighted by Crippen LogP contribution is 2.17. The number of aliphatic hydroxyl groups is 1. The fourth-order valence-corrected chi connectivity index (χ4v) is 2.52. The van der Waals surface area contributed by atoms with Crippen LogP contribution >= 0.6 is 0 Å². The highest BCUT2D eigenvalue weighted by Gasteiger charge is 2.08. The predicted molar refractivity (Wildman–Crippen MR) is 91.2 cm³/mol. The van der Waals surface area contributed by atoms with Crippen molar-refractivity contribution >= 4 is 0 Å². The van der Waals surface area contributed by atoms with Crippen molar-refractivity contribution in [3.63, 3.8) is 0 Å².